The topological polar surface area (TPSA) is 26.0 Å². The zero-order chi connectivity index (χ0) is 13.3. The summed E-state index contributed by atoms with van der Waals surface area (Å²) in [5, 5.41) is 0. The highest BCUT2D eigenvalue weighted by Gasteiger charge is 2.16. The highest BCUT2D eigenvalue weighted by molar-refractivity contribution is 9.10. The lowest BCUT2D eigenvalue weighted by molar-refractivity contribution is 0.599. The van der Waals surface area contributed by atoms with Gasteiger partial charge < -0.3 is 5.73 Å². The molecule has 0 aromatic heterocycles. The van der Waals surface area contributed by atoms with E-state index in [1.54, 1.807) is 12.1 Å². The Kier molecular flexibility index (Phi) is 4.20. The van der Waals surface area contributed by atoms with E-state index in [4.69, 9.17) is 5.73 Å². The molecule has 0 aliphatic heterocycles. The maximum atomic E-state index is 13.8. The largest absolute Gasteiger partial charge is 0.320 e. The minimum absolute atomic E-state index is 0.287. The number of hydrogen-bond donors (Lipinski definition) is 1. The van der Waals surface area contributed by atoms with Gasteiger partial charge in [-0.1, -0.05) is 37.9 Å². The fraction of sp³-hybridized carbons (Fsp3) is 0.143. The molecule has 0 fully saturated rings. The fourth-order valence-corrected chi connectivity index (χ4v) is 2.62. The molecule has 4 heteroatoms. The van der Waals surface area contributed by atoms with E-state index in [-0.39, 0.29) is 5.82 Å². The van der Waals surface area contributed by atoms with Gasteiger partial charge in [0.05, 0.1) is 6.04 Å². The molecule has 1 nitrogen and oxygen atoms in total. The molecule has 0 aliphatic rings. The number of nitrogens with two attached hydrogens (primary N) is 1. The molecule has 0 spiro atoms. The van der Waals surface area contributed by atoms with Crippen molar-refractivity contribution in [3.05, 3.63) is 67.9 Å². The third-order valence-electron chi connectivity index (χ3n) is 2.87. The maximum Gasteiger partial charge on any atom is 0.128 e. The van der Waals surface area contributed by atoms with Crippen LogP contribution in [-0.4, -0.2) is 0 Å². The first-order chi connectivity index (χ1) is 8.49. The van der Waals surface area contributed by atoms with E-state index in [0.29, 0.717) is 5.56 Å². The van der Waals surface area contributed by atoms with E-state index >= 15 is 0 Å². The van der Waals surface area contributed by atoms with Gasteiger partial charge >= 0.3 is 0 Å². The van der Waals surface area contributed by atoms with Crippen LogP contribution in [0.15, 0.2) is 45.3 Å². The summed E-state index contributed by atoms with van der Waals surface area (Å²) in [6.45, 7) is 1.97. The third-order valence-corrected chi connectivity index (χ3v) is 3.86. The molecule has 2 rings (SSSR count). The van der Waals surface area contributed by atoms with E-state index in [2.05, 4.69) is 31.9 Å². The van der Waals surface area contributed by atoms with Gasteiger partial charge in [-0.05, 0) is 48.4 Å². The van der Waals surface area contributed by atoms with Gasteiger partial charge in [-0.2, -0.15) is 0 Å². The summed E-state index contributed by atoms with van der Waals surface area (Å²) in [5.41, 5.74) is 8.63. The van der Waals surface area contributed by atoms with Crippen LogP contribution in [-0.2, 0) is 0 Å². The highest BCUT2D eigenvalue weighted by Crippen LogP contribution is 2.28. The summed E-state index contributed by atoms with van der Waals surface area (Å²) in [5.74, 6) is -0.287. The van der Waals surface area contributed by atoms with Crippen LogP contribution in [0, 0.1) is 12.7 Å². The second-order valence-corrected chi connectivity index (χ2v) is 5.98. The lowest BCUT2D eigenvalue weighted by atomic mass is 9.95. The van der Waals surface area contributed by atoms with Crippen molar-refractivity contribution in [2.24, 2.45) is 5.73 Å². The molecule has 0 aliphatic carbocycles. The van der Waals surface area contributed by atoms with Gasteiger partial charge in [-0.15, -0.1) is 0 Å². The number of aryl methyl sites for hydroxylation is 1. The van der Waals surface area contributed by atoms with Crippen molar-refractivity contribution in [1.82, 2.24) is 0 Å². The molecule has 0 saturated heterocycles. The van der Waals surface area contributed by atoms with Gasteiger partial charge in [-0.3, -0.25) is 0 Å². The molecule has 1 unspecified atom stereocenters. The minimum Gasteiger partial charge on any atom is -0.320 e. The molecule has 0 bridgehead atoms. The Bertz CT molecular complexity index is 533. The third kappa shape index (κ3) is 2.82. The van der Waals surface area contributed by atoms with Gasteiger partial charge in [-0.25, -0.2) is 4.39 Å². The quantitative estimate of drug-likeness (QED) is 0.811. The molecule has 0 radical (unpaired) electrons. The van der Waals surface area contributed by atoms with Crippen LogP contribution in [0.4, 0.5) is 4.39 Å². The van der Waals surface area contributed by atoms with E-state index < -0.39 is 6.04 Å². The van der Waals surface area contributed by atoms with Crippen molar-refractivity contribution in [2.75, 3.05) is 0 Å². The maximum absolute atomic E-state index is 13.8. The standard InChI is InChI=1S/C14H12Br2FN/c1-8-2-3-9(15)6-11(8)14(18)12-7-10(16)4-5-13(12)17/h2-7,14H,18H2,1H3. The molecule has 94 valence electrons. The Morgan fingerprint density at radius 2 is 1.56 bits per heavy atom. The number of halogens is 3. The van der Waals surface area contributed by atoms with Gasteiger partial charge in [0, 0.05) is 14.5 Å². The lowest BCUT2D eigenvalue weighted by Crippen LogP contribution is -2.15. The highest BCUT2D eigenvalue weighted by atomic mass is 79.9. The SMILES string of the molecule is Cc1ccc(Br)cc1C(N)c1cc(Br)ccc1F. The number of rotatable bonds is 2. The predicted molar refractivity (Wildman–Crippen MR) is 79.0 cm³/mol. The summed E-state index contributed by atoms with van der Waals surface area (Å²) < 4.78 is 15.6. The second-order valence-electron chi connectivity index (χ2n) is 4.14. The first kappa shape index (κ1) is 13.7. The predicted octanol–water partition coefficient (Wildman–Crippen LogP) is 4.71. The molecular weight excluding hydrogens is 361 g/mol. The zero-order valence-electron chi connectivity index (χ0n) is 9.75. The van der Waals surface area contributed by atoms with Gasteiger partial charge in [0.15, 0.2) is 0 Å². The van der Waals surface area contributed by atoms with Crippen LogP contribution in [0.25, 0.3) is 0 Å². The van der Waals surface area contributed by atoms with Crippen LogP contribution in [0.2, 0.25) is 0 Å². The molecule has 0 amide bonds. The Morgan fingerprint density at radius 1 is 1.00 bits per heavy atom. The van der Waals surface area contributed by atoms with Crippen LogP contribution in [0.3, 0.4) is 0 Å². The van der Waals surface area contributed by atoms with Crippen molar-refractivity contribution in [3.63, 3.8) is 0 Å². The molecule has 0 saturated carbocycles. The molecule has 1 atom stereocenters. The molecule has 18 heavy (non-hydrogen) atoms. The minimum atomic E-state index is -0.472. The summed E-state index contributed by atoms with van der Waals surface area (Å²) in [7, 11) is 0. The van der Waals surface area contributed by atoms with E-state index in [0.717, 1.165) is 20.1 Å². The van der Waals surface area contributed by atoms with Crippen molar-refractivity contribution >= 4 is 31.9 Å². The first-order valence-corrected chi connectivity index (χ1v) is 7.04. The smallest absolute Gasteiger partial charge is 0.128 e. The van der Waals surface area contributed by atoms with Gasteiger partial charge in [0.25, 0.3) is 0 Å². The molecule has 2 aromatic rings. The van der Waals surface area contributed by atoms with Gasteiger partial charge in [0.2, 0.25) is 0 Å². The summed E-state index contributed by atoms with van der Waals surface area (Å²) >= 11 is 6.75. The monoisotopic (exact) mass is 371 g/mol. The first-order valence-electron chi connectivity index (χ1n) is 5.45. The average Bonchev–Trinajstić information content (AvgIpc) is 2.34. The fourth-order valence-electron chi connectivity index (χ4n) is 1.87. The van der Waals surface area contributed by atoms with Crippen molar-refractivity contribution < 1.29 is 4.39 Å². The Balaban J connectivity index is 2.50. The Labute approximate surface area is 122 Å². The van der Waals surface area contributed by atoms with E-state index in [9.17, 15) is 4.39 Å². The second kappa shape index (κ2) is 5.51. The summed E-state index contributed by atoms with van der Waals surface area (Å²) in [4.78, 5) is 0. The Hall–Kier alpha value is -0.710. The molecule has 2 N–H and O–H groups in total. The molecule has 0 heterocycles. The van der Waals surface area contributed by atoms with Crippen molar-refractivity contribution in [1.29, 1.82) is 0 Å². The van der Waals surface area contributed by atoms with Crippen molar-refractivity contribution in [3.8, 4) is 0 Å². The van der Waals surface area contributed by atoms with E-state index in [1.165, 1.54) is 6.07 Å². The Morgan fingerprint density at radius 3 is 2.22 bits per heavy atom. The zero-order valence-corrected chi connectivity index (χ0v) is 12.9. The lowest BCUT2D eigenvalue weighted by Gasteiger charge is -2.16. The normalized spacial score (nSPS) is 12.5. The van der Waals surface area contributed by atoms with E-state index in [1.807, 2.05) is 25.1 Å². The number of benzene rings is 2. The summed E-state index contributed by atoms with van der Waals surface area (Å²) in [6.07, 6.45) is 0. The molecule has 2 aromatic carbocycles. The summed E-state index contributed by atoms with van der Waals surface area (Å²) in [6, 6.07) is 10.2. The average molecular weight is 373 g/mol. The van der Waals surface area contributed by atoms with Crippen LogP contribution in [0.1, 0.15) is 22.7 Å². The van der Waals surface area contributed by atoms with Crippen LogP contribution >= 0.6 is 31.9 Å². The van der Waals surface area contributed by atoms with Crippen LogP contribution in [0.5, 0.6) is 0 Å². The van der Waals surface area contributed by atoms with Gasteiger partial charge in [0.1, 0.15) is 5.82 Å². The van der Waals surface area contributed by atoms with Crippen molar-refractivity contribution in [2.45, 2.75) is 13.0 Å². The van der Waals surface area contributed by atoms with Crippen LogP contribution < -0.4 is 5.73 Å². The number of hydrogen-bond acceptors (Lipinski definition) is 1. The molecular formula is C14H12Br2FN.